The van der Waals surface area contributed by atoms with Crippen molar-refractivity contribution >= 4 is 28.5 Å². The minimum Gasteiger partial charge on any atom is -0.478 e. The molecular formula is C22H24ClN3O3. The molecule has 152 valence electrons. The molecule has 29 heavy (non-hydrogen) atoms. The van der Waals surface area contributed by atoms with Crippen LogP contribution in [0.15, 0.2) is 53.3 Å². The molecule has 2 aromatic carbocycles. The van der Waals surface area contributed by atoms with Gasteiger partial charge in [0.1, 0.15) is 5.75 Å². The normalized spacial score (nSPS) is 15.6. The first-order chi connectivity index (χ1) is 13.8. The number of piperidine rings is 1. The van der Waals surface area contributed by atoms with Gasteiger partial charge in [-0.1, -0.05) is 23.7 Å². The lowest BCUT2D eigenvalue weighted by molar-refractivity contribution is -0.146. The van der Waals surface area contributed by atoms with E-state index < -0.39 is 5.60 Å². The average molecular weight is 414 g/mol. The number of aromatic amines is 1. The first-order valence-electron chi connectivity index (χ1n) is 9.78. The zero-order valence-electron chi connectivity index (χ0n) is 16.5. The van der Waals surface area contributed by atoms with E-state index in [-0.39, 0.29) is 17.6 Å². The minimum absolute atomic E-state index is 0.0582. The number of hydrogen-bond donors (Lipinski definition) is 1. The maximum atomic E-state index is 13.1. The third kappa shape index (κ3) is 3.90. The summed E-state index contributed by atoms with van der Waals surface area (Å²) in [6.45, 7) is 4.73. The molecule has 0 unspecified atom stereocenters. The van der Waals surface area contributed by atoms with Crippen LogP contribution in [0.4, 0.5) is 0 Å². The van der Waals surface area contributed by atoms with Gasteiger partial charge in [0, 0.05) is 24.2 Å². The number of H-pyrrole nitrogens is 1. The van der Waals surface area contributed by atoms with Gasteiger partial charge in [0.25, 0.3) is 5.91 Å². The Kier molecular flexibility index (Phi) is 5.13. The number of likely N-dealkylation sites (tertiary alicyclic amines) is 1. The van der Waals surface area contributed by atoms with Gasteiger partial charge in [-0.05, 0) is 63.1 Å². The Morgan fingerprint density at radius 1 is 1.10 bits per heavy atom. The van der Waals surface area contributed by atoms with Crippen molar-refractivity contribution in [1.29, 1.82) is 0 Å². The Bertz CT molecular complexity index is 1080. The topological polar surface area (TPSA) is 67.3 Å². The molecule has 4 rings (SSSR count). The van der Waals surface area contributed by atoms with Gasteiger partial charge < -0.3 is 14.6 Å². The number of hydrogen-bond acceptors (Lipinski definition) is 3. The van der Waals surface area contributed by atoms with Gasteiger partial charge >= 0.3 is 5.69 Å². The summed E-state index contributed by atoms with van der Waals surface area (Å²) in [7, 11) is 0. The fraction of sp³-hybridized carbons (Fsp3) is 0.364. The highest BCUT2D eigenvalue weighted by molar-refractivity contribution is 6.30. The van der Waals surface area contributed by atoms with Crippen LogP contribution in [0.3, 0.4) is 0 Å². The number of para-hydroxylation sites is 2. The van der Waals surface area contributed by atoms with Crippen molar-refractivity contribution in [2.75, 3.05) is 13.1 Å². The first-order valence-corrected chi connectivity index (χ1v) is 10.2. The quantitative estimate of drug-likeness (QED) is 0.702. The summed E-state index contributed by atoms with van der Waals surface area (Å²) in [6.07, 6.45) is 1.45. The van der Waals surface area contributed by atoms with Crippen LogP contribution in [0, 0.1) is 0 Å². The van der Waals surface area contributed by atoms with Crippen LogP contribution in [-0.4, -0.2) is 39.0 Å². The maximum absolute atomic E-state index is 13.1. The number of nitrogens with zero attached hydrogens (tertiary/aromatic N) is 2. The Hall–Kier alpha value is -2.73. The molecule has 1 aliphatic heterocycles. The van der Waals surface area contributed by atoms with Crippen LogP contribution >= 0.6 is 11.6 Å². The predicted octanol–water partition coefficient (Wildman–Crippen LogP) is 4.00. The molecule has 0 aliphatic carbocycles. The molecule has 1 aliphatic rings. The number of benzene rings is 2. The molecule has 0 spiro atoms. The standard InChI is InChI=1S/C22H24ClN3O3/c1-22(2,29-17-9-7-15(23)8-10-17)20(27)25-13-11-16(12-14-25)26-19-6-4-3-5-18(19)24-21(26)28/h3-10,16H,11-14H2,1-2H3,(H,24,28). The fourth-order valence-electron chi connectivity index (χ4n) is 3.99. The van der Waals surface area contributed by atoms with Crippen molar-refractivity contribution < 1.29 is 9.53 Å². The number of ether oxygens (including phenoxy) is 1. The number of fused-ring (bicyclic) bond motifs is 1. The second kappa shape index (κ2) is 7.59. The summed E-state index contributed by atoms with van der Waals surface area (Å²) in [6, 6.07) is 14.8. The van der Waals surface area contributed by atoms with Crippen LogP contribution in [0.25, 0.3) is 11.0 Å². The number of carbonyl (C=O) groups excluding carboxylic acids is 1. The highest BCUT2D eigenvalue weighted by Gasteiger charge is 2.36. The molecule has 1 amide bonds. The van der Waals surface area contributed by atoms with Crippen LogP contribution < -0.4 is 10.4 Å². The van der Waals surface area contributed by atoms with Crippen molar-refractivity contribution in [1.82, 2.24) is 14.5 Å². The Morgan fingerprint density at radius 3 is 2.45 bits per heavy atom. The number of nitrogens with one attached hydrogen (secondary N) is 1. The van der Waals surface area contributed by atoms with E-state index in [1.165, 1.54) is 0 Å². The Labute approximate surface area is 174 Å². The maximum Gasteiger partial charge on any atom is 0.326 e. The monoisotopic (exact) mass is 413 g/mol. The number of carbonyl (C=O) groups is 1. The van der Waals surface area contributed by atoms with Crippen LogP contribution in [0.2, 0.25) is 5.02 Å². The SMILES string of the molecule is CC(C)(Oc1ccc(Cl)cc1)C(=O)N1CCC(n2c(=O)[nH]c3ccccc32)CC1. The van der Waals surface area contributed by atoms with E-state index in [1.54, 1.807) is 38.1 Å². The summed E-state index contributed by atoms with van der Waals surface area (Å²) >= 11 is 5.91. The van der Waals surface area contributed by atoms with E-state index in [2.05, 4.69) is 4.98 Å². The smallest absolute Gasteiger partial charge is 0.326 e. The second-order valence-corrected chi connectivity index (χ2v) is 8.34. The zero-order valence-corrected chi connectivity index (χ0v) is 17.3. The second-order valence-electron chi connectivity index (χ2n) is 7.91. The van der Waals surface area contributed by atoms with Crippen molar-refractivity contribution in [3.05, 3.63) is 64.0 Å². The summed E-state index contributed by atoms with van der Waals surface area (Å²) < 4.78 is 7.76. The number of imidazole rings is 1. The summed E-state index contributed by atoms with van der Waals surface area (Å²) in [5.41, 5.74) is 0.669. The first kappa shape index (κ1) is 19.6. The van der Waals surface area contributed by atoms with E-state index in [9.17, 15) is 9.59 Å². The van der Waals surface area contributed by atoms with Crippen molar-refractivity contribution in [2.45, 2.75) is 38.3 Å². The molecule has 6 nitrogen and oxygen atoms in total. The van der Waals surface area contributed by atoms with Crippen molar-refractivity contribution in [2.24, 2.45) is 0 Å². The van der Waals surface area contributed by atoms with Gasteiger partial charge in [0.05, 0.1) is 11.0 Å². The van der Waals surface area contributed by atoms with E-state index in [4.69, 9.17) is 16.3 Å². The molecule has 1 aromatic heterocycles. The summed E-state index contributed by atoms with van der Waals surface area (Å²) in [4.78, 5) is 30.2. The number of rotatable bonds is 4. The summed E-state index contributed by atoms with van der Waals surface area (Å²) in [5.74, 6) is 0.546. The molecule has 1 fully saturated rings. The van der Waals surface area contributed by atoms with Gasteiger partial charge in [0.15, 0.2) is 5.60 Å². The van der Waals surface area contributed by atoms with E-state index >= 15 is 0 Å². The van der Waals surface area contributed by atoms with Gasteiger partial charge in [-0.15, -0.1) is 0 Å². The molecule has 0 saturated carbocycles. The molecule has 0 bridgehead atoms. The molecule has 0 atom stereocenters. The molecule has 2 heterocycles. The zero-order chi connectivity index (χ0) is 20.6. The van der Waals surface area contributed by atoms with Gasteiger partial charge in [0.2, 0.25) is 0 Å². The van der Waals surface area contributed by atoms with Crippen molar-refractivity contribution in [3.63, 3.8) is 0 Å². The van der Waals surface area contributed by atoms with Gasteiger partial charge in [-0.3, -0.25) is 9.36 Å². The van der Waals surface area contributed by atoms with Crippen LogP contribution in [0.5, 0.6) is 5.75 Å². The third-order valence-electron chi connectivity index (χ3n) is 5.44. The molecule has 1 saturated heterocycles. The molecule has 7 heteroatoms. The molecule has 1 N–H and O–H groups in total. The average Bonchev–Trinajstić information content (AvgIpc) is 3.05. The van der Waals surface area contributed by atoms with E-state index in [1.807, 2.05) is 33.7 Å². The predicted molar refractivity (Wildman–Crippen MR) is 114 cm³/mol. The van der Waals surface area contributed by atoms with Crippen molar-refractivity contribution in [3.8, 4) is 5.75 Å². The third-order valence-corrected chi connectivity index (χ3v) is 5.69. The van der Waals surface area contributed by atoms with Gasteiger partial charge in [-0.2, -0.15) is 0 Å². The lowest BCUT2D eigenvalue weighted by atomic mass is 10.0. The minimum atomic E-state index is -0.988. The Balaban J connectivity index is 1.44. The van der Waals surface area contributed by atoms with Gasteiger partial charge in [-0.25, -0.2) is 4.79 Å². The largest absolute Gasteiger partial charge is 0.478 e. The fourth-order valence-corrected chi connectivity index (χ4v) is 4.11. The van der Waals surface area contributed by atoms with E-state index in [0.717, 1.165) is 23.9 Å². The van der Waals surface area contributed by atoms with Crippen LogP contribution in [0.1, 0.15) is 32.7 Å². The molecule has 3 aromatic rings. The highest BCUT2D eigenvalue weighted by Crippen LogP contribution is 2.28. The van der Waals surface area contributed by atoms with Crippen LogP contribution in [-0.2, 0) is 4.79 Å². The lowest BCUT2D eigenvalue weighted by Gasteiger charge is -2.37. The number of amides is 1. The highest BCUT2D eigenvalue weighted by atomic mass is 35.5. The molecular weight excluding hydrogens is 390 g/mol. The Morgan fingerprint density at radius 2 is 1.76 bits per heavy atom. The number of halogens is 1. The summed E-state index contributed by atoms with van der Waals surface area (Å²) in [5, 5.41) is 0.621. The van der Waals surface area contributed by atoms with E-state index in [0.29, 0.717) is 23.9 Å². The molecule has 0 radical (unpaired) electrons. The number of aromatic nitrogens is 2. The lowest BCUT2D eigenvalue weighted by Crippen LogP contribution is -2.51.